The van der Waals surface area contributed by atoms with Gasteiger partial charge in [-0.15, -0.1) is 0 Å². The Morgan fingerprint density at radius 2 is 2.20 bits per heavy atom. The topological polar surface area (TPSA) is 72.5 Å². The molecular formula is C15H19NO4. The Kier molecular flexibility index (Phi) is 4.46. The van der Waals surface area contributed by atoms with E-state index in [1.165, 1.54) is 0 Å². The molecule has 1 aromatic heterocycles. The summed E-state index contributed by atoms with van der Waals surface area (Å²) in [7, 11) is 0. The number of nitrogens with zero attached hydrogens (tertiary/aromatic N) is 1. The summed E-state index contributed by atoms with van der Waals surface area (Å²) in [6, 6.07) is 4.11. The maximum atomic E-state index is 12.0. The first-order valence-corrected chi connectivity index (χ1v) is 6.85. The van der Waals surface area contributed by atoms with Gasteiger partial charge < -0.3 is 13.9 Å². The minimum atomic E-state index is -0.623. The summed E-state index contributed by atoms with van der Waals surface area (Å²) in [5, 5.41) is 9.30. The summed E-state index contributed by atoms with van der Waals surface area (Å²) in [6.45, 7) is 4.93. The molecule has 0 bridgehead atoms. The second kappa shape index (κ2) is 6.10. The molecule has 0 amide bonds. The number of nitriles is 1. The third-order valence-electron chi connectivity index (χ3n) is 3.67. The van der Waals surface area contributed by atoms with Crippen LogP contribution in [0.4, 0.5) is 0 Å². The second-order valence-electron chi connectivity index (χ2n) is 5.16. The summed E-state index contributed by atoms with van der Waals surface area (Å²) in [4.78, 5) is 12.0. The van der Waals surface area contributed by atoms with Gasteiger partial charge in [-0.2, -0.15) is 5.26 Å². The summed E-state index contributed by atoms with van der Waals surface area (Å²) in [6.07, 6.45) is 1.91. The lowest BCUT2D eigenvalue weighted by molar-refractivity contribution is -0.00629. The van der Waals surface area contributed by atoms with Crippen LogP contribution in [0.5, 0.6) is 0 Å². The average molecular weight is 277 g/mol. The van der Waals surface area contributed by atoms with E-state index in [0.717, 1.165) is 17.7 Å². The maximum absolute atomic E-state index is 12.0. The first-order valence-electron chi connectivity index (χ1n) is 6.85. The van der Waals surface area contributed by atoms with Gasteiger partial charge in [0.25, 0.3) is 0 Å². The molecule has 5 heteroatoms. The molecule has 2 rings (SSSR count). The number of furan rings is 1. The number of hydrogen-bond donors (Lipinski definition) is 0. The molecule has 5 nitrogen and oxygen atoms in total. The predicted molar refractivity (Wildman–Crippen MR) is 71.2 cm³/mol. The molecule has 1 aromatic rings. The Balaban J connectivity index is 2.00. The minimum Gasteiger partial charge on any atom is -0.458 e. The fourth-order valence-corrected chi connectivity index (χ4v) is 2.24. The van der Waals surface area contributed by atoms with E-state index in [2.05, 4.69) is 6.07 Å². The van der Waals surface area contributed by atoms with Crippen molar-refractivity contribution in [1.29, 1.82) is 5.26 Å². The van der Waals surface area contributed by atoms with Gasteiger partial charge in [0.15, 0.2) is 0 Å². The molecule has 0 aromatic carbocycles. The maximum Gasteiger partial charge on any atom is 0.374 e. The fraction of sp³-hybridized carbons (Fsp3) is 0.600. The van der Waals surface area contributed by atoms with Gasteiger partial charge in [0.1, 0.15) is 12.4 Å². The summed E-state index contributed by atoms with van der Waals surface area (Å²) >= 11 is 0. The van der Waals surface area contributed by atoms with E-state index >= 15 is 0 Å². The summed E-state index contributed by atoms with van der Waals surface area (Å²) in [5.74, 6) is 0.501. The lowest BCUT2D eigenvalue weighted by Gasteiger charge is -2.29. The largest absolute Gasteiger partial charge is 0.458 e. The molecule has 1 aliphatic heterocycles. The van der Waals surface area contributed by atoms with Crippen LogP contribution in [-0.4, -0.2) is 25.8 Å². The van der Waals surface area contributed by atoms with Gasteiger partial charge in [-0.3, -0.25) is 0 Å². The van der Waals surface area contributed by atoms with Gasteiger partial charge in [-0.25, -0.2) is 4.79 Å². The van der Waals surface area contributed by atoms with Crippen LogP contribution >= 0.6 is 0 Å². The molecule has 2 heterocycles. The lowest BCUT2D eigenvalue weighted by atomic mass is 9.83. The minimum absolute atomic E-state index is 0.0906. The van der Waals surface area contributed by atoms with E-state index in [1.807, 2.05) is 19.9 Å². The van der Waals surface area contributed by atoms with Crippen LogP contribution in [0, 0.1) is 23.7 Å². The van der Waals surface area contributed by atoms with Gasteiger partial charge in [0.2, 0.25) is 5.76 Å². The molecule has 0 radical (unpaired) electrons. The highest BCUT2D eigenvalue weighted by Crippen LogP contribution is 2.30. The predicted octanol–water partition coefficient (Wildman–Crippen LogP) is 2.63. The highest BCUT2D eigenvalue weighted by Gasteiger charge is 2.35. The van der Waals surface area contributed by atoms with E-state index in [1.54, 1.807) is 0 Å². The van der Waals surface area contributed by atoms with Gasteiger partial charge >= 0.3 is 5.97 Å². The zero-order valence-corrected chi connectivity index (χ0v) is 11.9. The quantitative estimate of drug-likeness (QED) is 0.791. The number of carbonyl (C=O) groups is 1. The van der Waals surface area contributed by atoms with Crippen LogP contribution < -0.4 is 0 Å². The van der Waals surface area contributed by atoms with E-state index in [-0.39, 0.29) is 12.4 Å². The Morgan fingerprint density at radius 1 is 1.50 bits per heavy atom. The van der Waals surface area contributed by atoms with Crippen molar-refractivity contribution in [3.63, 3.8) is 0 Å². The molecule has 0 N–H and O–H groups in total. The van der Waals surface area contributed by atoms with E-state index < -0.39 is 11.4 Å². The first kappa shape index (κ1) is 14.6. The average Bonchev–Trinajstić information content (AvgIpc) is 2.87. The van der Waals surface area contributed by atoms with Gasteiger partial charge in [-0.05, 0) is 25.8 Å². The Hall–Kier alpha value is -1.80. The van der Waals surface area contributed by atoms with Crippen LogP contribution in [0.1, 0.15) is 41.6 Å². The zero-order chi connectivity index (χ0) is 14.6. The summed E-state index contributed by atoms with van der Waals surface area (Å²) in [5.41, 5.74) is 0.145. The van der Waals surface area contributed by atoms with Crippen LogP contribution in [0.3, 0.4) is 0 Å². The molecule has 20 heavy (non-hydrogen) atoms. The molecule has 108 valence electrons. The molecule has 0 spiro atoms. The Bertz CT molecular complexity index is 520. The highest BCUT2D eigenvalue weighted by atomic mass is 16.5. The van der Waals surface area contributed by atoms with Crippen LogP contribution in [0.25, 0.3) is 0 Å². The summed E-state index contributed by atoms with van der Waals surface area (Å²) < 4.78 is 16.0. The number of hydrogen-bond acceptors (Lipinski definition) is 5. The van der Waals surface area contributed by atoms with E-state index in [4.69, 9.17) is 13.9 Å². The van der Waals surface area contributed by atoms with Crippen molar-refractivity contribution in [2.45, 2.75) is 33.1 Å². The van der Waals surface area contributed by atoms with Crippen molar-refractivity contribution in [1.82, 2.24) is 0 Å². The van der Waals surface area contributed by atoms with Crippen molar-refractivity contribution in [3.05, 3.63) is 23.2 Å². The molecule has 0 aliphatic carbocycles. The fourth-order valence-electron chi connectivity index (χ4n) is 2.24. The van der Waals surface area contributed by atoms with E-state index in [9.17, 15) is 10.1 Å². The molecule has 1 aliphatic rings. The van der Waals surface area contributed by atoms with E-state index in [0.29, 0.717) is 26.1 Å². The van der Waals surface area contributed by atoms with Crippen molar-refractivity contribution in [2.75, 3.05) is 19.8 Å². The number of rotatable bonds is 4. The monoisotopic (exact) mass is 277 g/mol. The van der Waals surface area contributed by atoms with Gasteiger partial charge in [0.05, 0.1) is 11.5 Å². The standard InChI is InChI=1S/C15H19NO4/c1-3-12-8-11(2)13(20-12)14(17)19-10-15(9-16)4-6-18-7-5-15/h8H,3-7,10H2,1-2H3. The molecule has 1 fully saturated rings. The molecule has 0 saturated carbocycles. The van der Waals surface area contributed by atoms with Crippen LogP contribution in [-0.2, 0) is 15.9 Å². The number of ether oxygens (including phenoxy) is 2. The third-order valence-corrected chi connectivity index (χ3v) is 3.67. The van der Waals surface area contributed by atoms with Crippen LogP contribution in [0.2, 0.25) is 0 Å². The van der Waals surface area contributed by atoms with Crippen molar-refractivity contribution in [3.8, 4) is 6.07 Å². The van der Waals surface area contributed by atoms with Crippen molar-refractivity contribution < 1.29 is 18.7 Å². The zero-order valence-electron chi connectivity index (χ0n) is 11.9. The van der Waals surface area contributed by atoms with Gasteiger partial charge in [0, 0.05) is 25.2 Å². The molecule has 0 unspecified atom stereocenters. The Labute approximate surface area is 118 Å². The lowest BCUT2D eigenvalue weighted by Crippen LogP contribution is -2.33. The number of aryl methyl sites for hydroxylation is 2. The molecule has 0 atom stereocenters. The van der Waals surface area contributed by atoms with Crippen molar-refractivity contribution in [2.24, 2.45) is 5.41 Å². The third kappa shape index (κ3) is 3.02. The molecule has 1 saturated heterocycles. The number of esters is 1. The Morgan fingerprint density at radius 3 is 2.75 bits per heavy atom. The molecular weight excluding hydrogens is 258 g/mol. The smallest absolute Gasteiger partial charge is 0.374 e. The van der Waals surface area contributed by atoms with Crippen LogP contribution in [0.15, 0.2) is 10.5 Å². The highest BCUT2D eigenvalue weighted by molar-refractivity contribution is 5.88. The van der Waals surface area contributed by atoms with Gasteiger partial charge in [-0.1, -0.05) is 6.92 Å². The first-order chi connectivity index (χ1) is 9.60. The second-order valence-corrected chi connectivity index (χ2v) is 5.16. The number of carbonyl (C=O) groups excluding carboxylic acids is 1. The normalized spacial score (nSPS) is 17.4. The SMILES string of the molecule is CCc1cc(C)c(C(=O)OCC2(C#N)CCOCC2)o1. The van der Waals surface area contributed by atoms with Crippen molar-refractivity contribution >= 4 is 5.97 Å².